The van der Waals surface area contributed by atoms with Crippen LogP contribution in [0.3, 0.4) is 0 Å². The first kappa shape index (κ1) is 23.9. The lowest BCUT2D eigenvalue weighted by Gasteiger charge is -2.30. The molecular weight excluding hydrogens is 456 g/mol. The molecule has 2 fully saturated rings. The number of anilines is 1. The van der Waals surface area contributed by atoms with Gasteiger partial charge < -0.3 is 15.3 Å². The van der Waals surface area contributed by atoms with Gasteiger partial charge in [0.15, 0.2) is 9.84 Å². The van der Waals surface area contributed by atoms with Crippen molar-refractivity contribution in [1.29, 1.82) is 0 Å². The molecule has 1 unspecified atom stereocenters. The zero-order valence-electron chi connectivity index (χ0n) is 18.8. The molecular formula is C25H28N2O6S. The van der Waals surface area contributed by atoms with Crippen LogP contribution >= 0.6 is 0 Å². The van der Waals surface area contributed by atoms with Crippen LogP contribution in [-0.4, -0.2) is 55.1 Å². The largest absolute Gasteiger partial charge is 0.481 e. The first-order chi connectivity index (χ1) is 16.2. The Kier molecular flexibility index (Phi) is 7.02. The number of sulfone groups is 1. The van der Waals surface area contributed by atoms with Gasteiger partial charge in [-0.25, -0.2) is 8.42 Å². The zero-order valence-corrected chi connectivity index (χ0v) is 19.6. The number of aliphatic carboxylic acids is 1. The monoisotopic (exact) mass is 484 g/mol. The molecule has 1 atom stereocenters. The molecule has 1 aliphatic heterocycles. The van der Waals surface area contributed by atoms with E-state index in [1.807, 2.05) is 0 Å². The van der Waals surface area contributed by atoms with E-state index in [1.165, 1.54) is 0 Å². The van der Waals surface area contributed by atoms with E-state index in [1.54, 1.807) is 53.4 Å². The number of hydrogen-bond donors (Lipinski definition) is 2. The first-order valence-electron chi connectivity index (χ1n) is 11.4. The van der Waals surface area contributed by atoms with Crippen LogP contribution in [0.5, 0.6) is 0 Å². The third-order valence-electron chi connectivity index (χ3n) is 6.27. The van der Waals surface area contributed by atoms with Crippen molar-refractivity contribution in [1.82, 2.24) is 4.90 Å². The van der Waals surface area contributed by atoms with Gasteiger partial charge in [0.2, 0.25) is 5.91 Å². The third kappa shape index (κ3) is 6.02. The maximum atomic E-state index is 12.7. The summed E-state index contributed by atoms with van der Waals surface area (Å²) in [5, 5.41) is 12.0. The minimum atomic E-state index is -3.28. The van der Waals surface area contributed by atoms with E-state index in [4.69, 9.17) is 0 Å². The van der Waals surface area contributed by atoms with Crippen molar-refractivity contribution >= 4 is 33.3 Å². The lowest BCUT2D eigenvalue weighted by atomic mass is 9.97. The number of benzene rings is 2. The van der Waals surface area contributed by atoms with E-state index in [2.05, 4.69) is 5.32 Å². The van der Waals surface area contributed by atoms with Crippen molar-refractivity contribution in [2.45, 2.75) is 37.0 Å². The fourth-order valence-electron chi connectivity index (χ4n) is 4.14. The fourth-order valence-corrected chi connectivity index (χ4v) is 5.84. The molecule has 0 radical (unpaired) electrons. The van der Waals surface area contributed by atoms with Crippen LogP contribution in [0.1, 0.15) is 41.6 Å². The highest BCUT2D eigenvalue weighted by Crippen LogP contribution is 2.32. The number of carboxylic acid groups (broad SMARTS) is 1. The number of likely N-dealkylation sites (tertiary alicyclic amines) is 1. The summed E-state index contributed by atoms with van der Waals surface area (Å²) in [6.07, 6.45) is 3.26. The van der Waals surface area contributed by atoms with Crippen LogP contribution in [0, 0.1) is 11.8 Å². The van der Waals surface area contributed by atoms with Crippen LogP contribution < -0.4 is 5.32 Å². The number of piperidine rings is 1. The van der Waals surface area contributed by atoms with Gasteiger partial charge in [-0.3, -0.25) is 14.4 Å². The Bertz CT molecular complexity index is 1170. The quantitative estimate of drug-likeness (QED) is 0.594. The van der Waals surface area contributed by atoms with Crippen molar-refractivity contribution in [2.24, 2.45) is 11.8 Å². The van der Waals surface area contributed by atoms with Gasteiger partial charge in [0, 0.05) is 24.3 Å². The van der Waals surface area contributed by atoms with Crippen LogP contribution in [0.4, 0.5) is 5.69 Å². The predicted octanol–water partition coefficient (Wildman–Crippen LogP) is 2.99. The highest BCUT2D eigenvalue weighted by atomic mass is 32.2. The topological polar surface area (TPSA) is 121 Å². The summed E-state index contributed by atoms with van der Waals surface area (Å²) in [6, 6.07) is 12.9. The second-order valence-electron chi connectivity index (χ2n) is 9.10. The normalized spacial score (nSPS) is 18.4. The summed E-state index contributed by atoms with van der Waals surface area (Å²) in [6.45, 7) is 0.731. The van der Waals surface area contributed by atoms with Crippen molar-refractivity contribution in [3.8, 4) is 0 Å². The van der Waals surface area contributed by atoms with Crippen molar-refractivity contribution in [3.05, 3.63) is 59.7 Å². The van der Waals surface area contributed by atoms with E-state index < -0.39 is 21.7 Å². The second-order valence-corrected chi connectivity index (χ2v) is 11.1. The Hall–Kier alpha value is -3.20. The van der Waals surface area contributed by atoms with Gasteiger partial charge in [0.05, 0.1) is 23.0 Å². The molecule has 2 aliphatic rings. The van der Waals surface area contributed by atoms with Gasteiger partial charge in [-0.15, -0.1) is 0 Å². The molecule has 2 amide bonds. The molecule has 1 aliphatic carbocycles. The highest BCUT2D eigenvalue weighted by molar-refractivity contribution is 7.91. The van der Waals surface area contributed by atoms with Crippen molar-refractivity contribution in [3.63, 3.8) is 0 Å². The summed E-state index contributed by atoms with van der Waals surface area (Å²) in [7, 11) is -3.28. The summed E-state index contributed by atoms with van der Waals surface area (Å²) < 4.78 is 24.7. The molecule has 0 spiro atoms. The third-order valence-corrected chi connectivity index (χ3v) is 8.17. The van der Waals surface area contributed by atoms with E-state index in [0.29, 0.717) is 36.2 Å². The Morgan fingerprint density at radius 2 is 1.65 bits per heavy atom. The molecule has 2 aromatic carbocycles. The molecule has 1 saturated carbocycles. The van der Waals surface area contributed by atoms with Gasteiger partial charge in [0.25, 0.3) is 5.91 Å². The molecule has 0 bridgehead atoms. The average molecular weight is 485 g/mol. The van der Waals surface area contributed by atoms with Crippen molar-refractivity contribution < 1.29 is 27.9 Å². The average Bonchev–Trinajstić information content (AvgIpc) is 3.63. The van der Waals surface area contributed by atoms with E-state index in [-0.39, 0.29) is 41.3 Å². The number of amides is 2. The van der Waals surface area contributed by atoms with Crippen LogP contribution in [0.15, 0.2) is 53.4 Å². The predicted molar refractivity (Wildman–Crippen MR) is 126 cm³/mol. The molecule has 1 heterocycles. The van der Waals surface area contributed by atoms with E-state index in [9.17, 15) is 27.9 Å². The highest BCUT2D eigenvalue weighted by Gasteiger charge is 2.29. The molecule has 4 rings (SSSR count). The summed E-state index contributed by atoms with van der Waals surface area (Å²) in [5.41, 5.74) is 1.67. The molecule has 34 heavy (non-hydrogen) atoms. The number of carbonyl (C=O) groups is 3. The lowest BCUT2D eigenvalue weighted by molar-refractivity contribution is -0.143. The molecule has 9 heteroatoms. The first-order valence-corrected chi connectivity index (χ1v) is 13.1. The van der Waals surface area contributed by atoms with Crippen LogP contribution in [-0.2, 0) is 25.8 Å². The fraction of sp³-hybridized carbons (Fsp3) is 0.400. The van der Waals surface area contributed by atoms with Gasteiger partial charge >= 0.3 is 5.97 Å². The Morgan fingerprint density at radius 1 is 0.971 bits per heavy atom. The number of carbonyl (C=O) groups excluding carboxylic acids is 2. The standard InChI is InChI=1S/C25H28N2O6S/c28-23(14-17-5-11-22(12-6-17)34(32,33)16-18-3-4-18)26-21-9-7-19(8-10-21)24(29)27-13-1-2-20(15-27)25(30)31/h5-12,18,20H,1-4,13-16H2,(H,26,28)(H,30,31). The smallest absolute Gasteiger partial charge is 0.308 e. The number of carboxylic acids is 1. The molecule has 8 nitrogen and oxygen atoms in total. The Labute approximate surface area is 198 Å². The summed E-state index contributed by atoms with van der Waals surface area (Å²) in [4.78, 5) is 38.2. The second kappa shape index (κ2) is 9.97. The maximum Gasteiger partial charge on any atom is 0.308 e. The summed E-state index contributed by atoms with van der Waals surface area (Å²) in [5.74, 6) is -1.44. The lowest BCUT2D eigenvalue weighted by Crippen LogP contribution is -2.42. The molecule has 0 aromatic heterocycles. The molecule has 2 aromatic rings. The van der Waals surface area contributed by atoms with E-state index >= 15 is 0 Å². The zero-order chi connectivity index (χ0) is 24.3. The van der Waals surface area contributed by atoms with Crippen LogP contribution in [0.25, 0.3) is 0 Å². The van der Waals surface area contributed by atoms with E-state index in [0.717, 1.165) is 12.8 Å². The Balaban J connectivity index is 1.31. The minimum absolute atomic E-state index is 0.0913. The molecule has 2 N–H and O–H groups in total. The SMILES string of the molecule is O=C(Cc1ccc(S(=O)(=O)CC2CC2)cc1)Nc1ccc(C(=O)N2CCCC(C(=O)O)C2)cc1. The van der Waals surface area contributed by atoms with Gasteiger partial charge in [-0.1, -0.05) is 12.1 Å². The van der Waals surface area contributed by atoms with Crippen LogP contribution in [0.2, 0.25) is 0 Å². The summed E-state index contributed by atoms with van der Waals surface area (Å²) >= 11 is 0. The van der Waals surface area contributed by atoms with Gasteiger partial charge in [0.1, 0.15) is 0 Å². The maximum absolute atomic E-state index is 12.7. The Morgan fingerprint density at radius 3 is 2.26 bits per heavy atom. The van der Waals surface area contributed by atoms with Gasteiger partial charge in [-0.2, -0.15) is 0 Å². The molecule has 180 valence electrons. The number of nitrogens with one attached hydrogen (secondary N) is 1. The van der Waals surface area contributed by atoms with Crippen molar-refractivity contribution in [2.75, 3.05) is 24.2 Å². The van der Waals surface area contributed by atoms with Gasteiger partial charge in [-0.05, 0) is 73.6 Å². The number of rotatable bonds is 8. The number of hydrogen-bond acceptors (Lipinski definition) is 5. The molecule has 1 saturated heterocycles. The minimum Gasteiger partial charge on any atom is -0.481 e. The number of nitrogens with zero attached hydrogens (tertiary/aromatic N) is 1.